The Hall–Kier alpha value is -1.62. The van der Waals surface area contributed by atoms with Gasteiger partial charge in [0.25, 0.3) is 0 Å². The average Bonchev–Trinajstić information content (AvgIpc) is 2.66. The first-order chi connectivity index (χ1) is 14.1. The van der Waals surface area contributed by atoms with E-state index in [-0.39, 0.29) is 36.5 Å². The van der Waals surface area contributed by atoms with Gasteiger partial charge < -0.3 is 14.6 Å². The number of fused-ring (bicyclic) bond motifs is 1. The molecular formula is C25H38O5. The van der Waals surface area contributed by atoms with Crippen LogP contribution in [0.25, 0.3) is 0 Å². The van der Waals surface area contributed by atoms with Crippen molar-refractivity contribution in [1.82, 2.24) is 0 Å². The Bertz CT molecular complexity index is 706. The van der Waals surface area contributed by atoms with E-state index in [1.165, 1.54) is 5.57 Å². The van der Waals surface area contributed by atoms with Gasteiger partial charge in [0.2, 0.25) is 0 Å². The second-order valence-corrected chi connectivity index (χ2v) is 10.3. The molecule has 3 aliphatic rings. The maximum absolute atomic E-state index is 12.9. The first-order valence-corrected chi connectivity index (χ1v) is 11.6. The van der Waals surface area contributed by atoms with Crippen molar-refractivity contribution in [2.45, 2.75) is 91.5 Å². The third kappa shape index (κ3) is 5.16. The van der Waals surface area contributed by atoms with Crippen molar-refractivity contribution in [3.63, 3.8) is 0 Å². The minimum Gasteiger partial charge on any atom is -0.462 e. The summed E-state index contributed by atoms with van der Waals surface area (Å²) in [4.78, 5) is 24.6. The van der Waals surface area contributed by atoms with Gasteiger partial charge in [-0.05, 0) is 62.9 Å². The van der Waals surface area contributed by atoms with Crippen LogP contribution in [-0.4, -0.2) is 35.4 Å². The van der Waals surface area contributed by atoms with Gasteiger partial charge in [-0.3, -0.25) is 9.59 Å². The lowest BCUT2D eigenvalue weighted by atomic mass is 9.65. The fourth-order valence-corrected chi connectivity index (χ4v) is 5.08. The molecule has 0 aromatic rings. The lowest BCUT2D eigenvalue weighted by molar-refractivity contribution is -0.166. The van der Waals surface area contributed by atoms with Gasteiger partial charge in [-0.1, -0.05) is 39.0 Å². The van der Waals surface area contributed by atoms with Gasteiger partial charge in [0.15, 0.2) is 0 Å². The van der Waals surface area contributed by atoms with Crippen molar-refractivity contribution in [2.24, 2.45) is 29.1 Å². The van der Waals surface area contributed by atoms with Crippen LogP contribution in [0.4, 0.5) is 0 Å². The van der Waals surface area contributed by atoms with E-state index in [0.717, 1.165) is 25.7 Å². The summed E-state index contributed by atoms with van der Waals surface area (Å²) in [5.74, 6) is 0.776. The maximum atomic E-state index is 12.9. The van der Waals surface area contributed by atoms with Gasteiger partial charge >= 0.3 is 11.9 Å². The number of hydrogen-bond acceptors (Lipinski definition) is 5. The van der Waals surface area contributed by atoms with Crippen molar-refractivity contribution in [3.05, 3.63) is 23.8 Å². The summed E-state index contributed by atoms with van der Waals surface area (Å²) >= 11 is 0. The summed E-state index contributed by atoms with van der Waals surface area (Å²) in [7, 11) is 0. The van der Waals surface area contributed by atoms with Crippen molar-refractivity contribution < 1.29 is 24.2 Å². The first kappa shape index (κ1) is 23.1. The van der Waals surface area contributed by atoms with Crippen molar-refractivity contribution in [1.29, 1.82) is 0 Å². The molecular weight excluding hydrogens is 380 g/mol. The van der Waals surface area contributed by atoms with E-state index in [4.69, 9.17) is 9.47 Å². The Labute approximate surface area is 180 Å². The lowest BCUT2D eigenvalue weighted by Gasteiger charge is -2.44. The molecule has 1 unspecified atom stereocenters. The van der Waals surface area contributed by atoms with Crippen LogP contribution in [0, 0.1) is 29.1 Å². The summed E-state index contributed by atoms with van der Waals surface area (Å²) in [6.07, 6.45) is 9.61. The number of aliphatic hydroxyl groups is 1. The predicted molar refractivity (Wildman–Crippen MR) is 115 cm³/mol. The number of carbonyl (C=O) groups excluding carboxylic acids is 2. The maximum Gasteiger partial charge on any atom is 0.311 e. The predicted octanol–water partition coefficient (Wildman–Crippen LogP) is 4.59. The standard InChI is InChI=1S/C25H38O5/c1-6-25(4,5)24(28)30-21-12-15(2)11-17-8-7-16(3)20(23(17)21)10-9-19-13-18(26)14-22(27)29-19/h7-8,11,15-16,18-21,23,26H,6,9-10,12-14H2,1-5H3/t15-,16+,18-,19+,20+,21-,23?/m1/s1. The second-order valence-electron chi connectivity index (χ2n) is 10.3. The van der Waals surface area contributed by atoms with Gasteiger partial charge in [-0.15, -0.1) is 0 Å². The molecule has 1 fully saturated rings. The number of cyclic esters (lactones) is 1. The fourth-order valence-electron chi connectivity index (χ4n) is 5.08. The lowest BCUT2D eigenvalue weighted by Crippen LogP contribution is -2.43. The monoisotopic (exact) mass is 418 g/mol. The molecule has 0 aromatic heterocycles. The van der Waals surface area contributed by atoms with E-state index >= 15 is 0 Å². The molecule has 168 valence electrons. The molecule has 1 heterocycles. The molecule has 3 rings (SSSR count). The molecule has 5 heteroatoms. The highest BCUT2D eigenvalue weighted by Gasteiger charge is 2.43. The van der Waals surface area contributed by atoms with Crippen molar-refractivity contribution >= 4 is 11.9 Å². The van der Waals surface area contributed by atoms with Crippen LogP contribution in [0.1, 0.15) is 73.1 Å². The Balaban J connectivity index is 1.76. The highest BCUT2D eigenvalue weighted by Crippen LogP contribution is 2.45. The molecule has 0 amide bonds. The molecule has 0 bridgehead atoms. The average molecular weight is 419 g/mol. The van der Waals surface area contributed by atoms with Gasteiger partial charge in [-0.2, -0.15) is 0 Å². The Morgan fingerprint density at radius 3 is 2.67 bits per heavy atom. The topological polar surface area (TPSA) is 72.8 Å². The summed E-state index contributed by atoms with van der Waals surface area (Å²) in [5, 5.41) is 9.92. The molecule has 1 aliphatic heterocycles. The minimum atomic E-state index is -0.601. The van der Waals surface area contributed by atoms with Crippen LogP contribution in [0.2, 0.25) is 0 Å². The van der Waals surface area contributed by atoms with Crippen LogP contribution in [0.5, 0.6) is 0 Å². The van der Waals surface area contributed by atoms with Gasteiger partial charge in [-0.25, -0.2) is 0 Å². The summed E-state index contributed by atoms with van der Waals surface area (Å²) < 4.78 is 11.6. The van der Waals surface area contributed by atoms with Crippen LogP contribution in [0.15, 0.2) is 23.8 Å². The molecule has 7 atom stereocenters. The number of aliphatic hydroxyl groups excluding tert-OH is 1. The second kappa shape index (κ2) is 9.25. The highest BCUT2D eigenvalue weighted by atomic mass is 16.6. The zero-order chi connectivity index (χ0) is 22.1. The minimum absolute atomic E-state index is 0.0949. The molecule has 30 heavy (non-hydrogen) atoms. The van der Waals surface area contributed by atoms with Crippen molar-refractivity contribution in [2.75, 3.05) is 0 Å². The van der Waals surface area contributed by atoms with Crippen molar-refractivity contribution in [3.8, 4) is 0 Å². The molecule has 1 saturated heterocycles. The third-order valence-electron chi connectivity index (χ3n) is 7.35. The summed E-state index contributed by atoms with van der Waals surface area (Å²) in [6.45, 7) is 10.3. The molecule has 0 aromatic carbocycles. The van der Waals surface area contributed by atoms with Crippen LogP contribution < -0.4 is 0 Å². The smallest absolute Gasteiger partial charge is 0.311 e. The molecule has 1 N–H and O–H groups in total. The number of carbonyl (C=O) groups is 2. The van der Waals surface area contributed by atoms with Gasteiger partial charge in [0.05, 0.1) is 17.9 Å². The summed E-state index contributed by atoms with van der Waals surface area (Å²) in [6, 6.07) is 0. The zero-order valence-electron chi connectivity index (χ0n) is 19.1. The Morgan fingerprint density at radius 1 is 1.27 bits per heavy atom. The molecule has 2 aliphatic carbocycles. The first-order valence-electron chi connectivity index (χ1n) is 11.6. The Morgan fingerprint density at radius 2 is 2.00 bits per heavy atom. The number of esters is 2. The Kier molecular flexibility index (Phi) is 7.11. The van der Waals surface area contributed by atoms with E-state index in [1.807, 2.05) is 20.8 Å². The largest absolute Gasteiger partial charge is 0.462 e. The van der Waals surface area contributed by atoms with E-state index in [9.17, 15) is 14.7 Å². The molecule has 0 spiro atoms. The van der Waals surface area contributed by atoms with Gasteiger partial charge in [0, 0.05) is 12.3 Å². The molecule has 0 radical (unpaired) electrons. The van der Waals surface area contributed by atoms with E-state index < -0.39 is 11.5 Å². The summed E-state index contributed by atoms with van der Waals surface area (Å²) in [5.41, 5.74) is 0.785. The number of rotatable bonds is 6. The third-order valence-corrected chi connectivity index (χ3v) is 7.35. The molecule has 0 saturated carbocycles. The quantitative estimate of drug-likeness (QED) is 0.639. The van der Waals surface area contributed by atoms with Gasteiger partial charge in [0.1, 0.15) is 12.2 Å². The van der Waals surface area contributed by atoms with Crippen LogP contribution >= 0.6 is 0 Å². The number of hydrogen-bond donors (Lipinski definition) is 1. The van der Waals surface area contributed by atoms with Crippen LogP contribution in [0.3, 0.4) is 0 Å². The normalized spacial score (nSPS) is 36.5. The highest BCUT2D eigenvalue weighted by molar-refractivity contribution is 5.76. The van der Waals surface area contributed by atoms with E-state index in [1.54, 1.807) is 0 Å². The number of ether oxygens (including phenoxy) is 2. The molecule has 5 nitrogen and oxygen atoms in total. The van der Waals surface area contributed by atoms with E-state index in [2.05, 4.69) is 32.1 Å². The zero-order valence-corrected chi connectivity index (χ0v) is 19.1. The SMILES string of the molecule is CCC(C)(C)C(=O)O[C@@H]1C[C@H](C)C=C2C=C[C@H](C)[C@H](CC[C@H]3C[C@@H](O)CC(=O)O3)C21. The number of allylic oxidation sites excluding steroid dienone is 3. The van der Waals surface area contributed by atoms with Crippen LogP contribution in [-0.2, 0) is 19.1 Å². The van der Waals surface area contributed by atoms with E-state index in [0.29, 0.717) is 24.2 Å². The fraction of sp³-hybridized carbons (Fsp3) is 0.760.